The van der Waals surface area contributed by atoms with Crippen molar-refractivity contribution >= 4 is 15.9 Å². The second-order valence-corrected chi connectivity index (χ2v) is 5.19. The van der Waals surface area contributed by atoms with Crippen LogP contribution in [0.4, 0.5) is 0 Å². The van der Waals surface area contributed by atoms with Crippen LogP contribution in [0.15, 0.2) is 10.5 Å². The van der Waals surface area contributed by atoms with Crippen LogP contribution in [0.3, 0.4) is 0 Å². The smallest absolute Gasteiger partial charge is 0.172 e. The summed E-state index contributed by atoms with van der Waals surface area (Å²) in [7, 11) is 0. The Hall–Kier alpha value is -0.740. The van der Waals surface area contributed by atoms with E-state index in [0.717, 1.165) is 30.4 Å². The van der Waals surface area contributed by atoms with Gasteiger partial charge in [-0.25, -0.2) is 0 Å². The van der Waals surface area contributed by atoms with E-state index in [-0.39, 0.29) is 17.0 Å². The zero-order chi connectivity index (χ0) is 11.2. The third kappa shape index (κ3) is 1.96. The summed E-state index contributed by atoms with van der Waals surface area (Å²) in [6.45, 7) is 1.91. The molecule has 0 saturated heterocycles. The second kappa shape index (κ2) is 3.39. The van der Waals surface area contributed by atoms with Gasteiger partial charge in [-0.1, -0.05) is 0 Å². The second-order valence-electron chi connectivity index (χ2n) is 4.39. The minimum atomic E-state index is -0.101. The quantitative estimate of drug-likeness (QED) is 0.723. The van der Waals surface area contributed by atoms with Crippen LogP contribution >= 0.6 is 15.9 Å². The maximum Gasteiger partial charge on any atom is 0.172 e. The van der Waals surface area contributed by atoms with E-state index >= 15 is 0 Å². The summed E-state index contributed by atoms with van der Waals surface area (Å²) in [5.74, 6) is -0.190. The van der Waals surface area contributed by atoms with E-state index in [1.807, 2.05) is 6.92 Å². The van der Waals surface area contributed by atoms with Crippen molar-refractivity contribution in [1.82, 2.24) is 0 Å². The molecule has 0 unspecified atom stereocenters. The molecular weight excluding hydrogens is 258 g/mol. The highest BCUT2D eigenvalue weighted by molar-refractivity contribution is 9.10. The molecular formula is C11H14BrNO2. The highest BCUT2D eigenvalue weighted by Crippen LogP contribution is 2.43. The molecule has 0 spiro atoms. The monoisotopic (exact) mass is 271 g/mol. The van der Waals surface area contributed by atoms with Crippen molar-refractivity contribution in [3.8, 4) is 11.5 Å². The molecule has 0 amide bonds. The third-order valence-corrected chi connectivity index (χ3v) is 3.82. The number of aromatic hydroxyl groups is 2. The molecule has 1 aromatic carbocycles. The lowest BCUT2D eigenvalue weighted by atomic mass is 9.99. The van der Waals surface area contributed by atoms with Crippen LogP contribution in [0.2, 0.25) is 0 Å². The van der Waals surface area contributed by atoms with Crippen LogP contribution in [0, 0.1) is 6.92 Å². The lowest BCUT2D eigenvalue weighted by molar-refractivity contribution is 0.400. The van der Waals surface area contributed by atoms with E-state index < -0.39 is 0 Å². The Balaban J connectivity index is 2.41. The zero-order valence-electron chi connectivity index (χ0n) is 8.55. The number of benzene rings is 1. The molecule has 0 bridgehead atoms. The number of hydrogen-bond acceptors (Lipinski definition) is 3. The molecule has 0 radical (unpaired) electrons. The molecule has 1 aliphatic carbocycles. The average Bonchev–Trinajstić information content (AvgIpc) is 2.89. The first kappa shape index (κ1) is 10.8. The van der Waals surface area contributed by atoms with E-state index in [9.17, 15) is 10.2 Å². The van der Waals surface area contributed by atoms with E-state index in [1.165, 1.54) is 0 Å². The summed E-state index contributed by atoms with van der Waals surface area (Å²) in [6.07, 6.45) is 2.80. The minimum absolute atomic E-state index is 0.0926. The molecule has 4 N–H and O–H groups in total. The van der Waals surface area contributed by atoms with Crippen LogP contribution < -0.4 is 5.73 Å². The Bertz CT molecular complexity index is 414. The molecule has 1 fully saturated rings. The minimum Gasteiger partial charge on any atom is -0.504 e. The van der Waals surface area contributed by atoms with Crippen LogP contribution in [-0.4, -0.2) is 15.8 Å². The summed E-state index contributed by atoms with van der Waals surface area (Å²) in [4.78, 5) is 0. The molecule has 0 heterocycles. The predicted octanol–water partition coefficient (Wildman–Crippen LogP) is 2.20. The molecule has 1 saturated carbocycles. The summed E-state index contributed by atoms with van der Waals surface area (Å²) < 4.78 is 0.566. The van der Waals surface area contributed by atoms with Gasteiger partial charge in [-0.3, -0.25) is 0 Å². The van der Waals surface area contributed by atoms with E-state index in [2.05, 4.69) is 15.9 Å². The molecule has 3 nitrogen and oxygen atoms in total. The van der Waals surface area contributed by atoms with Crippen molar-refractivity contribution in [2.75, 3.05) is 0 Å². The largest absolute Gasteiger partial charge is 0.504 e. The Morgan fingerprint density at radius 1 is 1.47 bits per heavy atom. The standard InChI is InChI=1S/C11H14BrNO2/c1-6-4-8(14)10(15)9(12)7(6)5-11(13)2-3-11/h4,14-15H,2-3,5,13H2,1H3. The molecule has 1 aliphatic rings. The molecule has 1 aromatic rings. The van der Waals surface area contributed by atoms with Crippen molar-refractivity contribution in [2.24, 2.45) is 5.73 Å². The number of hydrogen-bond donors (Lipinski definition) is 3. The summed E-state index contributed by atoms with van der Waals surface area (Å²) in [6, 6.07) is 1.57. The molecule has 4 heteroatoms. The van der Waals surface area contributed by atoms with Gasteiger partial charge in [0.15, 0.2) is 11.5 Å². The normalized spacial score (nSPS) is 17.8. The predicted molar refractivity (Wildman–Crippen MR) is 62.1 cm³/mol. The van der Waals surface area contributed by atoms with Gasteiger partial charge < -0.3 is 15.9 Å². The molecule has 82 valence electrons. The van der Waals surface area contributed by atoms with Crippen LogP contribution in [0.25, 0.3) is 0 Å². The zero-order valence-corrected chi connectivity index (χ0v) is 10.1. The molecule has 15 heavy (non-hydrogen) atoms. The van der Waals surface area contributed by atoms with Crippen molar-refractivity contribution in [2.45, 2.75) is 31.7 Å². The fraction of sp³-hybridized carbons (Fsp3) is 0.455. The molecule has 2 rings (SSSR count). The van der Waals surface area contributed by atoms with Gasteiger partial charge in [-0.15, -0.1) is 0 Å². The number of rotatable bonds is 2. The number of phenols is 2. The highest BCUT2D eigenvalue weighted by atomic mass is 79.9. The molecule has 0 aliphatic heterocycles. The van der Waals surface area contributed by atoms with Gasteiger partial charge in [-0.2, -0.15) is 0 Å². The number of phenolic OH excluding ortho intramolecular Hbond substituents is 2. The van der Waals surface area contributed by atoms with E-state index in [0.29, 0.717) is 4.47 Å². The Kier molecular flexibility index (Phi) is 2.43. The summed E-state index contributed by atoms with van der Waals surface area (Å²) in [5.41, 5.74) is 7.88. The lowest BCUT2D eigenvalue weighted by Crippen LogP contribution is -2.25. The Labute approximate surface area is 97.0 Å². The molecule has 0 aromatic heterocycles. The van der Waals surface area contributed by atoms with Gasteiger partial charge >= 0.3 is 0 Å². The average molecular weight is 272 g/mol. The maximum atomic E-state index is 9.59. The van der Waals surface area contributed by atoms with Crippen molar-refractivity contribution in [1.29, 1.82) is 0 Å². The highest BCUT2D eigenvalue weighted by Gasteiger charge is 2.39. The molecule has 0 atom stereocenters. The van der Waals surface area contributed by atoms with Crippen LogP contribution in [0.5, 0.6) is 11.5 Å². The van der Waals surface area contributed by atoms with Gasteiger partial charge in [0.05, 0.1) is 4.47 Å². The number of nitrogens with two attached hydrogens (primary N) is 1. The van der Waals surface area contributed by atoms with Crippen LogP contribution in [0.1, 0.15) is 24.0 Å². The van der Waals surface area contributed by atoms with Crippen molar-refractivity contribution in [3.05, 3.63) is 21.7 Å². The van der Waals surface area contributed by atoms with Crippen molar-refractivity contribution in [3.63, 3.8) is 0 Å². The maximum absolute atomic E-state index is 9.59. The van der Waals surface area contributed by atoms with Gasteiger partial charge in [0, 0.05) is 5.54 Å². The SMILES string of the molecule is Cc1cc(O)c(O)c(Br)c1CC1(N)CC1. The topological polar surface area (TPSA) is 66.5 Å². The van der Waals surface area contributed by atoms with E-state index in [4.69, 9.17) is 5.73 Å². The Morgan fingerprint density at radius 2 is 2.07 bits per heavy atom. The fourth-order valence-electron chi connectivity index (χ4n) is 1.70. The van der Waals surface area contributed by atoms with Crippen molar-refractivity contribution < 1.29 is 10.2 Å². The van der Waals surface area contributed by atoms with Gasteiger partial charge in [0.25, 0.3) is 0 Å². The third-order valence-electron chi connectivity index (χ3n) is 2.97. The van der Waals surface area contributed by atoms with Gasteiger partial charge in [0.1, 0.15) is 0 Å². The lowest BCUT2D eigenvalue weighted by Gasteiger charge is -2.15. The van der Waals surface area contributed by atoms with Gasteiger partial charge in [-0.05, 0) is 59.3 Å². The first-order valence-corrected chi connectivity index (χ1v) is 5.71. The van der Waals surface area contributed by atoms with Gasteiger partial charge in [0.2, 0.25) is 0 Å². The number of aryl methyl sites for hydroxylation is 1. The first-order chi connectivity index (χ1) is 6.93. The number of halogens is 1. The van der Waals surface area contributed by atoms with Crippen LogP contribution in [-0.2, 0) is 6.42 Å². The Morgan fingerprint density at radius 3 is 2.60 bits per heavy atom. The fourth-order valence-corrected chi connectivity index (χ4v) is 2.35. The first-order valence-electron chi connectivity index (χ1n) is 4.92. The van der Waals surface area contributed by atoms with E-state index in [1.54, 1.807) is 6.07 Å². The summed E-state index contributed by atoms with van der Waals surface area (Å²) in [5, 5.41) is 19.0. The summed E-state index contributed by atoms with van der Waals surface area (Å²) >= 11 is 3.30.